The standard InChI is InChI=1S/C53H66F2N4O13S/c1-8-27(2)73-40(24-45(65)66)48(69)56-18-16-44(64)57-28(3)46(67)58-29(4)47(68)59-38-14-11-31(20-39(38)70-7)19-30-9-12-32(13-10-30)49-71-43-23-34-35-22-37(54)36-21-33(61)15-17-50(36,5)52(35,55)41(62)25-51(34,6)53(43,72-49)42(63)26-60/h9-15,17,20-21,27-29,34-35,37,40-41,43,49,60,62H,8,16,18-19,22-26H2,1-7H3,(H,56,69)(H,57,64)(H,58,67)(H,59,68)(H,65,66)/t27?,28-,29-,34?,35-,37-,40?,41-,43+,49+,50-,51-,52-,53+/m0/s1. The fraction of sp³-hybridized carbons (Fsp3) is 0.566. The molecule has 4 aliphatic carbocycles. The molecule has 1 aliphatic heterocycles. The number of rotatable bonds is 20. The van der Waals surface area contributed by atoms with Crippen LogP contribution in [-0.4, -0.2) is 129 Å². The number of alkyl halides is 2. The average Bonchev–Trinajstić information content (AvgIpc) is 3.85. The van der Waals surface area contributed by atoms with Gasteiger partial charge in [-0.05, 0) is 99.8 Å². The molecule has 0 bridgehead atoms. The van der Waals surface area contributed by atoms with Gasteiger partial charge in [0.1, 0.15) is 30.6 Å². The number of ether oxygens (including phenoxy) is 3. The highest BCUT2D eigenvalue weighted by atomic mass is 32.2. The molecule has 0 spiro atoms. The molecule has 0 aromatic heterocycles. The van der Waals surface area contributed by atoms with Gasteiger partial charge in [0.15, 0.2) is 29.1 Å². The Morgan fingerprint density at radius 2 is 1.63 bits per heavy atom. The van der Waals surface area contributed by atoms with E-state index in [0.29, 0.717) is 23.4 Å². The molecule has 17 nitrogen and oxygen atoms in total. The third-order valence-electron chi connectivity index (χ3n) is 15.9. The highest BCUT2D eigenvalue weighted by Gasteiger charge is 2.80. The molecule has 1 saturated heterocycles. The Morgan fingerprint density at radius 3 is 2.29 bits per heavy atom. The minimum absolute atomic E-state index is 0.00716. The van der Waals surface area contributed by atoms with Gasteiger partial charge < -0.3 is 50.8 Å². The fourth-order valence-electron chi connectivity index (χ4n) is 11.9. The number of carbonyl (C=O) groups is 7. The molecule has 7 rings (SSSR count). The molecule has 14 atom stereocenters. The van der Waals surface area contributed by atoms with Crippen molar-refractivity contribution in [2.75, 3.05) is 25.6 Å². The quantitative estimate of drug-likeness (QED) is 0.0945. The topological polar surface area (TPSA) is 256 Å². The summed E-state index contributed by atoms with van der Waals surface area (Å²) in [5.41, 5.74) is -4.43. The summed E-state index contributed by atoms with van der Waals surface area (Å²) in [6.07, 6.45) is -1.44. The number of Topliss-reactive ketones (excluding diaryl/α,β-unsaturated/α-hetero) is 1. The molecule has 1 heterocycles. The van der Waals surface area contributed by atoms with Crippen molar-refractivity contribution in [1.29, 1.82) is 0 Å². The first kappa shape index (κ1) is 55.2. The molecule has 0 radical (unpaired) electrons. The number of aliphatic hydroxyl groups excluding tert-OH is 2. The molecule has 3 saturated carbocycles. The molecule has 3 unspecified atom stereocenters. The van der Waals surface area contributed by atoms with Gasteiger partial charge in [0.25, 0.3) is 0 Å². The summed E-state index contributed by atoms with van der Waals surface area (Å²) in [4.78, 5) is 88.9. The number of amides is 4. The van der Waals surface area contributed by atoms with E-state index < -0.39 is 124 Å². The third kappa shape index (κ3) is 10.3. The van der Waals surface area contributed by atoms with Crippen molar-refractivity contribution in [2.45, 2.75) is 145 Å². The molecule has 20 heteroatoms. The predicted octanol–water partition coefficient (Wildman–Crippen LogP) is 4.76. The van der Waals surface area contributed by atoms with E-state index in [1.54, 1.807) is 37.3 Å². The molecule has 2 aromatic rings. The zero-order chi connectivity index (χ0) is 53.4. The number of hydrogen-bond donors (Lipinski definition) is 7. The van der Waals surface area contributed by atoms with Crippen molar-refractivity contribution in [3.8, 4) is 5.75 Å². The van der Waals surface area contributed by atoms with Gasteiger partial charge in [-0.2, -0.15) is 0 Å². The van der Waals surface area contributed by atoms with Crippen LogP contribution in [0.5, 0.6) is 5.75 Å². The minimum atomic E-state index is -2.36. The van der Waals surface area contributed by atoms with Gasteiger partial charge >= 0.3 is 5.97 Å². The van der Waals surface area contributed by atoms with Crippen LogP contribution < -0.4 is 26.0 Å². The summed E-state index contributed by atoms with van der Waals surface area (Å²) in [5.74, 6) is -5.86. The Kier molecular flexibility index (Phi) is 16.4. The van der Waals surface area contributed by atoms with Crippen LogP contribution in [-0.2, 0) is 49.5 Å². The zero-order valence-corrected chi connectivity index (χ0v) is 42.8. The van der Waals surface area contributed by atoms with E-state index in [0.717, 1.165) is 23.6 Å². The van der Waals surface area contributed by atoms with Crippen LogP contribution in [0.25, 0.3) is 0 Å². The second-order valence-electron chi connectivity index (χ2n) is 20.4. The van der Waals surface area contributed by atoms with E-state index in [4.69, 9.17) is 14.2 Å². The summed E-state index contributed by atoms with van der Waals surface area (Å²) in [6.45, 7) is 9.01. The minimum Gasteiger partial charge on any atom is -0.495 e. The first-order valence-electron chi connectivity index (χ1n) is 24.7. The van der Waals surface area contributed by atoms with Crippen LogP contribution in [0.3, 0.4) is 0 Å². The van der Waals surface area contributed by atoms with Gasteiger partial charge in [-0.25, -0.2) is 8.78 Å². The normalized spacial score (nSPS) is 31.5. The molecular weight excluding hydrogens is 971 g/mol. The van der Waals surface area contributed by atoms with Crippen molar-refractivity contribution < 1.29 is 71.9 Å². The first-order chi connectivity index (χ1) is 34.4. The maximum Gasteiger partial charge on any atom is 0.305 e. The summed E-state index contributed by atoms with van der Waals surface area (Å²) in [5, 5.41) is 41.1. The second kappa shape index (κ2) is 21.7. The van der Waals surface area contributed by atoms with Crippen LogP contribution in [0, 0.1) is 22.7 Å². The lowest BCUT2D eigenvalue weighted by Gasteiger charge is -2.63. The first-order valence-corrected chi connectivity index (χ1v) is 25.6. The molecule has 5 aliphatic rings. The molecular formula is C53H66F2N4O13S. The van der Waals surface area contributed by atoms with Crippen molar-refractivity contribution >= 4 is 58.6 Å². The van der Waals surface area contributed by atoms with Gasteiger partial charge in [0.2, 0.25) is 23.6 Å². The molecule has 396 valence electrons. The molecule has 2 aromatic carbocycles. The summed E-state index contributed by atoms with van der Waals surface area (Å²) < 4.78 is 52.5. The maximum atomic E-state index is 17.8. The Morgan fingerprint density at radius 1 is 0.945 bits per heavy atom. The van der Waals surface area contributed by atoms with Gasteiger partial charge in [-0.15, -0.1) is 11.8 Å². The number of nitrogens with one attached hydrogen (secondary N) is 4. The Bertz CT molecular complexity index is 2560. The third-order valence-corrected chi connectivity index (χ3v) is 17.4. The number of thioether (sulfide) groups is 1. The number of carboxylic acids is 1. The predicted molar refractivity (Wildman–Crippen MR) is 265 cm³/mol. The molecule has 4 amide bonds. The molecule has 7 N–H and O–H groups in total. The lowest BCUT2D eigenvalue weighted by Crippen LogP contribution is -2.70. The van der Waals surface area contributed by atoms with Gasteiger partial charge in [-0.1, -0.05) is 57.2 Å². The Hall–Kier alpha value is -5.54. The summed E-state index contributed by atoms with van der Waals surface area (Å²) in [6, 6.07) is 10.4. The average molecular weight is 1040 g/mol. The summed E-state index contributed by atoms with van der Waals surface area (Å²) in [7, 11) is 1.44. The van der Waals surface area contributed by atoms with Crippen molar-refractivity contribution in [1.82, 2.24) is 16.0 Å². The maximum absolute atomic E-state index is 17.8. The number of ketones is 2. The number of halogens is 2. The van der Waals surface area contributed by atoms with Crippen molar-refractivity contribution in [2.24, 2.45) is 22.7 Å². The van der Waals surface area contributed by atoms with E-state index in [1.807, 2.05) is 26.0 Å². The number of methoxy groups -OCH3 is 1. The van der Waals surface area contributed by atoms with Crippen LogP contribution in [0.1, 0.15) is 103 Å². The van der Waals surface area contributed by atoms with Gasteiger partial charge in [0, 0.05) is 40.5 Å². The van der Waals surface area contributed by atoms with Gasteiger partial charge in [-0.3, -0.25) is 33.6 Å². The van der Waals surface area contributed by atoms with Crippen molar-refractivity contribution in [3.05, 3.63) is 83.0 Å². The number of allylic oxidation sites excluding steroid dienone is 4. The van der Waals surface area contributed by atoms with Gasteiger partial charge in [0.05, 0.1) is 36.7 Å². The summed E-state index contributed by atoms with van der Waals surface area (Å²) >= 11 is 1.25. The fourth-order valence-corrected chi connectivity index (χ4v) is 13.1. The number of fused-ring (bicyclic) bond motifs is 7. The SMILES string of the molecule is CCC(C)SC(CC(=O)O)C(=O)NCCC(=O)N[C@@H](C)C(=O)N[C@@H](C)C(=O)Nc1ccc(Cc2ccc([C@@H]3O[C@@H]4CC5[C@@H]6C[C@H](F)C7=CC(=O)C=C[C@]7(C)[C@@]6(F)[C@@H](O)C[C@]5(C)[C@]4(C(=O)CO)O3)cc2)cc1OC. The highest BCUT2D eigenvalue weighted by molar-refractivity contribution is 8.01. The van der Waals surface area contributed by atoms with Crippen molar-refractivity contribution in [3.63, 3.8) is 0 Å². The number of benzene rings is 2. The number of anilines is 1. The van der Waals surface area contributed by atoms with E-state index in [9.17, 15) is 48.9 Å². The highest BCUT2D eigenvalue weighted by Crippen LogP contribution is 2.72. The van der Waals surface area contributed by atoms with E-state index >= 15 is 8.78 Å². The Balaban J connectivity index is 0.932. The monoisotopic (exact) mass is 1040 g/mol. The van der Waals surface area contributed by atoms with E-state index in [2.05, 4.69) is 21.3 Å². The zero-order valence-electron chi connectivity index (χ0n) is 42.0. The number of aliphatic hydroxyl groups is 2. The van der Waals surface area contributed by atoms with Crippen LogP contribution in [0.15, 0.2) is 66.3 Å². The van der Waals surface area contributed by atoms with Crippen LogP contribution in [0.4, 0.5) is 14.5 Å². The smallest absolute Gasteiger partial charge is 0.305 e. The lowest BCUT2D eigenvalue weighted by atomic mass is 9.44. The Labute approximate surface area is 427 Å². The largest absolute Gasteiger partial charge is 0.495 e. The van der Waals surface area contributed by atoms with E-state index in [1.165, 1.54) is 51.8 Å². The lowest BCUT2D eigenvalue weighted by molar-refractivity contribution is -0.235. The number of carboxylic acid groups (broad SMARTS) is 1. The van der Waals surface area contributed by atoms with E-state index in [-0.39, 0.29) is 49.5 Å². The molecule has 73 heavy (non-hydrogen) atoms. The number of aliphatic carboxylic acids is 1. The molecule has 4 fully saturated rings. The van der Waals surface area contributed by atoms with Crippen LogP contribution >= 0.6 is 11.8 Å². The number of carbonyl (C=O) groups excluding carboxylic acids is 6. The second-order valence-corrected chi connectivity index (χ2v) is 22.1. The number of hydrogen-bond acceptors (Lipinski definition) is 13. The van der Waals surface area contributed by atoms with Crippen LogP contribution in [0.2, 0.25) is 0 Å².